The average molecular weight is 256 g/mol. The van der Waals surface area contributed by atoms with Crippen LogP contribution in [0.25, 0.3) is 0 Å². The molecule has 0 amide bonds. The standard InChI is InChI=1S/C15H25N.ClH/c1-5-6-7-8-14(16)15-12(3)9-11(2)10-13(15)4;/h9-10,14H,5-8,16H2,1-4H3;1H/t14-;/m0./s1. The molecule has 17 heavy (non-hydrogen) atoms. The molecule has 0 unspecified atom stereocenters. The molecule has 1 aromatic carbocycles. The van der Waals surface area contributed by atoms with Crippen LogP contribution in [0.4, 0.5) is 0 Å². The summed E-state index contributed by atoms with van der Waals surface area (Å²) in [4.78, 5) is 0. The van der Waals surface area contributed by atoms with Gasteiger partial charge in [-0.15, -0.1) is 12.4 Å². The maximum Gasteiger partial charge on any atom is 0.0300 e. The van der Waals surface area contributed by atoms with E-state index < -0.39 is 0 Å². The molecule has 0 radical (unpaired) electrons. The highest BCUT2D eigenvalue weighted by Crippen LogP contribution is 2.25. The van der Waals surface area contributed by atoms with Crippen molar-refractivity contribution < 1.29 is 0 Å². The molecule has 98 valence electrons. The van der Waals surface area contributed by atoms with Gasteiger partial charge in [-0.05, 0) is 43.9 Å². The van der Waals surface area contributed by atoms with Gasteiger partial charge in [-0.2, -0.15) is 0 Å². The Bertz CT molecular complexity index is 324. The molecular weight excluding hydrogens is 230 g/mol. The highest BCUT2D eigenvalue weighted by Gasteiger charge is 2.11. The summed E-state index contributed by atoms with van der Waals surface area (Å²) in [7, 11) is 0. The van der Waals surface area contributed by atoms with Gasteiger partial charge in [0, 0.05) is 6.04 Å². The molecule has 0 saturated carbocycles. The van der Waals surface area contributed by atoms with E-state index in [0.717, 1.165) is 6.42 Å². The molecular formula is C15H26ClN. The highest BCUT2D eigenvalue weighted by atomic mass is 35.5. The number of benzene rings is 1. The minimum absolute atomic E-state index is 0. The van der Waals surface area contributed by atoms with Gasteiger partial charge < -0.3 is 5.73 Å². The quantitative estimate of drug-likeness (QED) is 0.764. The van der Waals surface area contributed by atoms with Gasteiger partial charge >= 0.3 is 0 Å². The van der Waals surface area contributed by atoms with Crippen LogP contribution in [0.5, 0.6) is 0 Å². The molecule has 0 aliphatic carbocycles. The number of nitrogens with two attached hydrogens (primary N) is 1. The Morgan fingerprint density at radius 1 is 1.06 bits per heavy atom. The largest absolute Gasteiger partial charge is 0.324 e. The van der Waals surface area contributed by atoms with Crippen molar-refractivity contribution in [2.75, 3.05) is 0 Å². The maximum atomic E-state index is 6.29. The summed E-state index contributed by atoms with van der Waals surface area (Å²) in [5.41, 5.74) is 11.7. The molecule has 1 aromatic rings. The molecule has 2 N–H and O–H groups in total. The van der Waals surface area contributed by atoms with Crippen LogP contribution in [0.3, 0.4) is 0 Å². The van der Waals surface area contributed by atoms with Crippen molar-refractivity contribution in [3.05, 3.63) is 34.4 Å². The zero-order chi connectivity index (χ0) is 12.1. The molecule has 0 spiro atoms. The van der Waals surface area contributed by atoms with E-state index in [1.165, 1.54) is 41.5 Å². The predicted molar refractivity (Wildman–Crippen MR) is 79.0 cm³/mol. The first kappa shape index (κ1) is 16.5. The van der Waals surface area contributed by atoms with Crippen molar-refractivity contribution in [1.29, 1.82) is 0 Å². The number of rotatable bonds is 5. The van der Waals surface area contributed by atoms with E-state index in [1.807, 2.05) is 0 Å². The fourth-order valence-corrected chi connectivity index (χ4v) is 2.53. The Kier molecular flexibility index (Phi) is 7.49. The zero-order valence-electron chi connectivity index (χ0n) is 11.5. The van der Waals surface area contributed by atoms with E-state index in [2.05, 4.69) is 39.8 Å². The monoisotopic (exact) mass is 255 g/mol. The van der Waals surface area contributed by atoms with Gasteiger partial charge in [0.2, 0.25) is 0 Å². The first-order chi connectivity index (χ1) is 7.56. The molecule has 0 aliphatic rings. The minimum Gasteiger partial charge on any atom is -0.324 e. The lowest BCUT2D eigenvalue weighted by atomic mass is 9.92. The number of aryl methyl sites for hydroxylation is 3. The molecule has 2 heteroatoms. The van der Waals surface area contributed by atoms with Crippen LogP contribution < -0.4 is 5.73 Å². The predicted octanol–water partition coefficient (Wildman–Crippen LogP) is 4.61. The van der Waals surface area contributed by atoms with Crippen molar-refractivity contribution in [2.45, 2.75) is 59.4 Å². The van der Waals surface area contributed by atoms with Crippen LogP contribution in [-0.2, 0) is 0 Å². The van der Waals surface area contributed by atoms with Crippen LogP contribution in [0.1, 0.15) is 60.9 Å². The third-order valence-electron chi connectivity index (χ3n) is 3.23. The van der Waals surface area contributed by atoms with Crippen LogP contribution in [0.2, 0.25) is 0 Å². The van der Waals surface area contributed by atoms with Gasteiger partial charge in [-0.1, -0.05) is 43.9 Å². The fourth-order valence-electron chi connectivity index (χ4n) is 2.53. The molecule has 0 fully saturated rings. The van der Waals surface area contributed by atoms with Crippen molar-refractivity contribution in [2.24, 2.45) is 5.73 Å². The number of unbranched alkanes of at least 4 members (excludes halogenated alkanes) is 2. The molecule has 0 heterocycles. The van der Waals surface area contributed by atoms with E-state index in [-0.39, 0.29) is 18.4 Å². The fraction of sp³-hybridized carbons (Fsp3) is 0.600. The number of halogens is 1. The van der Waals surface area contributed by atoms with Crippen LogP contribution in [0, 0.1) is 20.8 Å². The van der Waals surface area contributed by atoms with E-state index in [9.17, 15) is 0 Å². The molecule has 1 atom stereocenters. The Balaban J connectivity index is 0.00000256. The summed E-state index contributed by atoms with van der Waals surface area (Å²) >= 11 is 0. The molecule has 1 rings (SSSR count). The lowest BCUT2D eigenvalue weighted by Crippen LogP contribution is -2.13. The Morgan fingerprint density at radius 2 is 1.59 bits per heavy atom. The van der Waals surface area contributed by atoms with E-state index in [0.29, 0.717) is 0 Å². The van der Waals surface area contributed by atoms with Crippen LogP contribution >= 0.6 is 12.4 Å². The summed E-state index contributed by atoms with van der Waals surface area (Å²) in [5, 5.41) is 0. The summed E-state index contributed by atoms with van der Waals surface area (Å²) in [6.45, 7) is 8.73. The highest BCUT2D eigenvalue weighted by molar-refractivity contribution is 5.85. The number of hydrogen-bond donors (Lipinski definition) is 1. The summed E-state index contributed by atoms with van der Waals surface area (Å²) in [5.74, 6) is 0. The second-order valence-corrected chi connectivity index (χ2v) is 4.91. The summed E-state index contributed by atoms with van der Waals surface area (Å²) < 4.78 is 0. The van der Waals surface area contributed by atoms with Crippen molar-refractivity contribution >= 4 is 12.4 Å². The average Bonchev–Trinajstić information content (AvgIpc) is 2.16. The SMILES string of the molecule is CCCCC[C@H](N)c1c(C)cc(C)cc1C.Cl. The third-order valence-corrected chi connectivity index (χ3v) is 3.23. The van der Waals surface area contributed by atoms with Gasteiger partial charge in [-0.25, -0.2) is 0 Å². The van der Waals surface area contributed by atoms with E-state index in [1.54, 1.807) is 0 Å². The van der Waals surface area contributed by atoms with Gasteiger partial charge in [0.15, 0.2) is 0 Å². The summed E-state index contributed by atoms with van der Waals surface area (Å²) in [6, 6.07) is 4.69. The van der Waals surface area contributed by atoms with Gasteiger partial charge in [0.05, 0.1) is 0 Å². The molecule has 1 nitrogen and oxygen atoms in total. The minimum atomic E-state index is 0. The zero-order valence-corrected chi connectivity index (χ0v) is 12.4. The smallest absolute Gasteiger partial charge is 0.0300 e. The van der Waals surface area contributed by atoms with Crippen LogP contribution in [0.15, 0.2) is 12.1 Å². The van der Waals surface area contributed by atoms with Gasteiger partial charge in [0.1, 0.15) is 0 Å². The summed E-state index contributed by atoms with van der Waals surface area (Å²) in [6.07, 6.45) is 4.90. The molecule has 0 bridgehead atoms. The van der Waals surface area contributed by atoms with Gasteiger partial charge in [0.25, 0.3) is 0 Å². The third kappa shape index (κ3) is 4.69. The van der Waals surface area contributed by atoms with Crippen molar-refractivity contribution in [3.8, 4) is 0 Å². The van der Waals surface area contributed by atoms with Gasteiger partial charge in [-0.3, -0.25) is 0 Å². The molecule has 0 saturated heterocycles. The topological polar surface area (TPSA) is 26.0 Å². The lowest BCUT2D eigenvalue weighted by molar-refractivity contribution is 0.577. The van der Waals surface area contributed by atoms with E-state index in [4.69, 9.17) is 5.73 Å². The van der Waals surface area contributed by atoms with E-state index >= 15 is 0 Å². The Hall–Kier alpha value is -0.530. The first-order valence-corrected chi connectivity index (χ1v) is 6.39. The van der Waals surface area contributed by atoms with Crippen LogP contribution in [-0.4, -0.2) is 0 Å². The molecule has 0 aromatic heterocycles. The first-order valence-electron chi connectivity index (χ1n) is 6.39. The normalized spacial score (nSPS) is 12.1. The Labute approximate surface area is 112 Å². The number of hydrogen-bond acceptors (Lipinski definition) is 1. The maximum absolute atomic E-state index is 6.29. The Morgan fingerprint density at radius 3 is 2.06 bits per heavy atom. The van der Waals surface area contributed by atoms with Crippen molar-refractivity contribution in [1.82, 2.24) is 0 Å². The lowest BCUT2D eigenvalue weighted by Gasteiger charge is -2.18. The molecule has 0 aliphatic heterocycles. The second kappa shape index (κ2) is 7.73. The second-order valence-electron chi connectivity index (χ2n) is 4.91. The van der Waals surface area contributed by atoms with Crippen molar-refractivity contribution in [3.63, 3.8) is 0 Å².